The standard InChI is InChI=1S/C10H13BrO3S/c1-3-14-10(12)6-4-5-7-15(13)8-9(2)11/h2-3,5,7-8H2,1H3. The van der Waals surface area contributed by atoms with Crippen molar-refractivity contribution in [2.75, 3.05) is 18.1 Å². The molecule has 0 N–H and O–H groups in total. The smallest absolute Gasteiger partial charge is 0.384 e. The van der Waals surface area contributed by atoms with Crippen LogP contribution in [0.3, 0.4) is 0 Å². The molecule has 0 amide bonds. The summed E-state index contributed by atoms with van der Waals surface area (Å²) in [5, 5.41) is 0. The topological polar surface area (TPSA) is 43.4 Å². The lowest BCUT2D eigenvalue weighted by Crippen LogP contribution is -2.02. The SMILES string of the molecule is C=C(Br)CS(=O)CCC#CC(=O)OCC. The fourth-order valence-corrected chi connectivity index (χ4v) is 2.30. The highest BCUT2D eigenvalue weighted by Crippen LogP contribution is 2.03. The van der Waals surface area contributed by atoms with Crippen LogP contribution in [0.2, 0.25) is 0 Å². The van der Waals surface area contributed by atoms with Gasteiger partial charge in [-0.1, -0.05) is 28.4 Å². The van der Waals surface area contributed by atoms with Gasteiger partial charge in [-0.05, 0) is 6.92 Å². The van der Waals surface area contributed by atoms with Gasteiger partial charge in [0.2, 0.25) is 0 Å². The van der Waals surface area contributed by atoms with E-state index >= 15 is 0 Å². The zero-order chi connectivity index (χ0) is 11.7. The molecule has 0 saturated heterocycles. The minimum Gasteiger partial charge on any atom is -0.456 e. The van der Waals surface area contributed by atoms with Gasteiger partial charge >= 0.3 is 5.97 Å². The van der Waals surface area contributed by atoms with Gasteiger partial charge in [0, 0.05) is 33.4 Å². The molecule has 0 bridgehead atoms. The first kappa shape index (κ1) is 14.4. The highest BCUT2D eigenvalue weighted by atomic mass is 79.9. The molecule has 0 aromatic carbocycles. The van der Waals surface area contributed by atoms with E-state index in [9.17, 15) is 9.00 Å². The van der Waals surface area contributed by atoms with Crippen molar-refractivity contribution in [1.29, 1.82) is 0 Å². The van der Waals surface area contributed by atoms with Gasteiger partial charge in [0.25, 0.3) is 0 Å². The van der Waals surface area contributed by atoms with E-state index in [1.165, 1.54) is 0 Å². The van der Waals surface area contributed by atoms with Gasteiger partial charge in [0.05, 0.1) is 12.4 Å². The quantitative estimate of drug-likeness (QED) is 0.439. The molecule has 0 fully saturated rings. The maximum absolute atomic E-state index is 11.3. The maximum Gasteiger partial charge on any atom is 0.384 e. The third-order valence-corrected chi connectivity index (χ3v) is 3.22. The van der Waals surface area contributed by atoms with Gasteiger partial charge in [-0.3, -0.25) is 4.21 Å². The van der Waals surface area contributed by atoms with Crippen LogP contribution in [0.4, 0.5) is 0 Å². The van der Waals surface area contributed by atoms with Crippen molar-refractivity contribution in [3.05, 3.63) is 11.1 Å². The maximum atomic E-state index is 11.3. The lowest BCUT2D eigenvalue weighted by atomic mass is 10.5. The molecule has 0 radical (unpaired) electrons. The van der Waals surface area contributed by atoms with E-state index in [0.717, 1.165) is 0 Å². The van der Waals surface area contributed by atoms with Crippen molar-refractivity contribution in [3.63, 3.8) is 0 Å². The van der Waals surface area contributed by atoms with Gasteiger partial charge in [-0.25, -0.2) is 4.79 Å². The molecule has 0 aromatic heterocycles. The summed E-state index contributed by atoms with van der Waals surface area (Å²) in [7, 11) is -0.970. The Balaban J connectivity index is 3.73. The Morgan fingerprint density at radius 2 is 2.27 bits per heavy atom. The van der Waals surface area contributed by atoms with Crippen molar-refractivity contribution in [2.24, 2.45) is 0 Å². The van der Waals surface area contributed by atoms with Crippen LogP contribution in [0.5, 0.6) is 0 Å². The number of esters is 1. The molecule has 0 saturated carbocycles. The number of rotatable bonds is 5. The average Bonchev–Trinajstić information content (AvgIpc) is 2.12. The Labute approximate surface area is 101 Å². The summed E-state index contributed by atoms with van der Waals surface area (Å²) in [5.41, 5.74) is 0. The normalized spacial score (nSPS) is 11.1. The summed E-state index contributed by atoms with van der Waals surface area (Å²) >= 11 is 3.13. The van der Waals surface area contributed by atoms with E-state index in [1.54, 1.807) is 6.92 Å². The van der Waals surface area contributed by atoms with Gasteiger partial charge in [-0.15, -0.1) is 0 Å². The predicted molar refractivity (Wildman–Crippen MR) is 65.0 cm³/mol. The zero-order valence-corrected chi connectivity index (χ0v) is 10.9. The summed E-state index contributed by atoms with van der Waals surface area (Å²) in [4.78, 5) is 10.8. The van der Waals surface area contributed by atoms with Crippen LogP contribution in [0.15, 0.2) is 11.1 Å². The van der Waals surface area contributed by atoms with Crippen molar-refractivity contribution in [2.45, 2.75) is 13.3 Å². The van der Waals surface area contributed by atoms with E-state index in [0.29, 0.717) is 29.0 Å². The van der Waals surface area contributed by atoms with E-state index in [-0.39, 0.29) is 0 Å². The minimum absolute atomic E-state index is 0.322. The van der Waals surface area contributed by atoms with Crippen LogP contribution in [-0.4, -0.2) is 28.3 Å². The molecule has 84 valence electrons. The molecule has 5 heteroatoms. The highest BCUT2D eigenvalue weighted by Gasteiger charge is 1.99. The average molecular weight is 293 g/mol. The number of hydrogen-bond donors (Lipinski definition) is 0. The molecular weight excluding hydrogens is 280 g/mol. The van der Waals surface area contributed by atoms with Gasteiger partial charge < -0.3 is 4.74 Å². The van der Waals surface area contributed by atoms with Crippen LogP contribution in [0, 0.1) is 11.8 Å². The summed E-state index contributed by atoms with van der Waals surface area (Å²) in [5.74, 6) is 5.25. The lowest BCUT2D eigenvalue weighted by Gasteiger charge is -1.96. The molecule has 0 aliphatic carbocycles. The van der Waals surface area contributed by atoms with Gasteiger partial charge in [-0.2, -0.15) is 0 Å². The second-order valence-corrected chi connectivity index (χ2v) is 5.28. The number of carbonyl (C=O) groups is 1. The Bertz CT molecular complexity index is 314. The van der Waals surface area contributed by atoms with Crippen LogP contribution in [-0.2, 0) is 20.3 Å². The first-order valence-corrected chi connectivity index (χ1v) is 6.68. The number of ether oxygens (including phenoxy) is 1. The van der Waals surface area contributed by atoms with Crippen molar-refractivity contribution < 1.29 is 13.7 Å². The van der Waals surface area contributed by atoms with Crippen molar-refractivity contribution in [3.8, 4) is 11.8 Å². The molecule has 0 aromatic rings. The predicted octanol–water partition coefficient (Wildman–Crippen LogP) is 1.60. The molecule has 1 unspecified atom stereocenters. The van der Waals surface area contributed by atoms with Crippen molar-refractivity contribution >= 4 is 32.7 Å². The Morgan fingerprint density at radius 3 is 2.80 bits per heavy atom. The van der Waals surface area contributed by atoms with E-state index in [4.69, 9.17) is 0 Å². The molecule has 0 rings (SSSR count). The summed E-state index contributed by atoms with van der Waals surface area (Å²) in [6.07, 6.45) is 0.422. The third kappa shape index (κ3) is 9.70. The zero-order valence-electron chi connectivity index (χ0n) is 8.55. The van der Waals surface area contributed by atoms with Crippen LogP contribution in [0.1, 0.15) is 13.3 Å². The lowest BCUT2D eigenvalue weighted by molar-refractivity contribution is -0.136. The van der Waals surface area contributed by atoms with Crippen LogP contribution >= 0.6 is 15.9 Å². The number of halogens is 1. The van der Waals surface area contributed by atoms with Gasteiger partial charge in [0.1, 0.15) is 0 Å². The summed E-state index contributed by atoms with van der Waals surface area (Å²) in [6.45, 7) is 5.63. The molecule has 0 aliphatic heterocycles. The molecule has 0 spiro atoms. The van der Waals surface area contributed by atoms with E-state index in [1.807, 2.05) is 0 Å². The molecule has 0 heterocycles. The number of carbonyl (C=O) groups excluding carboxylic acids is 1. The summed E-state index contributed by atoms with van der Waals surface area (Å²) < 4.78 is 16.6. The third-order valence-electron chi connectivity index (χ3n) is 1.24. The van der Waals surface area contributed by atoms with Crippen LogP contribution < -0.4 is 0 Å². The van der Waals surface area contributed by atoms with Gasteiger partial charge in [0.15, 0.2) is 0 Å². The monoisotopic (exact) mass is 292 g/mol. The minimum atomic E-state index is -0.970. The van der Waals surface area contributed by atoms with Crippen molar-refractivity contribution in [1.82, 2.24) is 0 Å². The second-order valence-electron chi connectivity index (χ2n) is 2.58. The summed E-state index contributed by atoms with van der Waals surface area (Å²) in [6, 6.07) is 0. The van der Waals surface area contributed by atoms with Crippen LogP contribution in [0.25, 0.3) is 0 Å². The van der Waals surface area contributed by atoms with E-state index in [2.05, 4.69) is 39.1 Å². The highest BCUT2D eigenvalue weighted by molar-refractivity contribution is 9.11. The molecule has 1 atom stereocenters. The second kappa shape index (κ2) is 8.69. The molecule has 15 heavy (non-hydrogen) atoms. The first-order valence-electron chi connectivity index (χ1n) is 4.40. The number of hydrogen-bond acceptors (Lipinski definition) is 3. The Kier molecular flexibility index (Phi) is 8.34. The molecular formula is C10H13BrO3S. The first-order chi connectivity index (χ1) is 7.06. The largest absolute Gasteiger partial charge is 0.456 e. The molecule has 3 nitrogen and oxygen atoms in total. The molecule has 0 aliphatic rings. The fourth-order valence-electron chi connectivity index (χ4n) is 0.714. The Hall–Kier alpha value is -0.600. The fraction of sp³-hybridized carbons (Fsp3) is 0.500. The Morgan fingerprint density at radius 1 is 1.60 bits per heavy atom. The van der Waals surface area contributed by atoms with E-state index < -0.39 is 16.8 Å².